The number of rotatable bonds is 1. The van der Waals surface area contributed by atoms with Crippen LogP contribution in [0.3, 0.4) is 0 Å². The van der Waals surface area contributed by atoms with Crippen LogP contribution in [0.25, 0.3) is 0 Å². The van der Waals surface area contributed by atoms with Gasteiger partial charge in [0, 0.05) is 6.21 Å². The Morgan fingerprint density at radius 1 is 0.917 bits per heavy atom. The Labute approximate surface area is 75.8 Å². The molecule has 0 spiro atoms. The van der Waals surface area contributed by atoms with E-state index in [0.29, 0.717) is 0 Å². The van der Waals surface area contributed by atoms with E-state index in [4.69, 9.17) is 0 Å². The van der Waals surface area contributed by atoms with Crippen LogP contribution >= 0.6 is 0 Å². The average Bonchev–Trinajstić information content (AvgIpc) is 1.76. The lowest BCUT2D eigenvalue weighted by Gasteiger charge is -2.10. The summed E-state index contributed by atoms with van der Waals surface area (Å²) in [5.74, 6) is 0. The minimum absolute atomic E-state index is 0.0186. The third-order valence-corrected chi connectivity index (χ3v) is 0.974. The quantitative estimate of drug-likeness (QED) is 0.425. The van der Waals surface area contributed by atoms with E-state index in [1.54, 1.807) is 6.34 Å². The molecule has 0 atom stereocenters. The molecule has 0 aromatic rings. The van der Waals surface area contributed by atoms with Gasteiger partial charge in [0.2, 0.25) is 0 Å². The zero-order chi connectivity index (χ0) is 9.83. The van der Waals surface area contributed by atoms with Gasteiger partial charge in [-0.15, -0.1) is 0 Å². The highest BCUT2D eigenvalue weighted by Crippen LogP contribution is 2.08. The molecule has 0 saturated heterocycles. The van der Waals surface area contributed by atoms with Gasteiger partial charge in [0.15, 0.2) is 0 Å². The first-order valence-corrected chi connectivity index (χ1v) is 4.29. The van der Waals surface area contributed by atoms with Gasteiger partial charge in [-0.25, -0.2) is 4.99 Å². The van der Waals surface area contributed by atoms with Gasteiger partial charge in [-0.3, -0.25) is 4.99 Å². The van der Waals surface area contributed by atoms with E-state index >= 15 is 0 Å². The molecule has 0 aliphatic heterocycles. The van der Waals surface area contributed by atoms with Crippen LogP contribution in [0.4, 0.5) is 0 Å². The molecule has 0 aromatic carbocycles. The molecule has 0 amide bonds. The van der Waals surface area contributed by atoms with E-state index in [1.165, 1.54) is 0 Å². The predicted molar refractivity (Wildman–Crippen MR) is 56.2 cm³/mol. The van der Waals surface area contributed by atoms with Crippen LogP contribution in [-0.2, 0) is 0 Å². The number of hydrogen-bond acceptors (Lipinski definition) is 1. The van der Waals surface area contributed by atoms with Gasteiger partial charge in [0.1, 0.15) is 6.34 Å². The van der Waals surface area contributed by atoms with Crippen LogP contribution in [-0.4, -0.2) is 18.1 Å². The molecule has 0 bridgehead atoms. The molecule has 0 saturated carbocycles. The average molecular weight is 168 g/mol. The number of nitrogens with zero attached hydrogens (tertiary/aromatic N) is 2. The Bertz CT molecular complexity index is 155. The minimum atomic E-state index is -0.0186. The fourth-order valence-corrected chi connectivity index (χ4v) is 0.463. The Morgan fingerprint density at radius 2 is 1.42 bits per heavy atom. The van der Waals surface area contributed by atoms with E-state index in [0.717, 1.165) is 0 Å². The van der Waals surface area contributed by atoms with Crippen LogP contribution in [0.5, 0.6) is 0 Å². The monoisotopic (exact) mass is 168 g/mol. The lowest BCUT2D eigenvalue weighted by Crippen LogP contribution is -2.10. The maximum absolute atomic E-state index is 4.24. The smallest absolute Gasteiger partial charge is 0.110 e. The van der Waals surface area contributed by atoms with Crippen molar-refractivity contribution in [2.24, 2.45) is 15.4 Å². The summed E-state index contributed by atoms with van der Waals surface area (Å²) >= 11 is 0. The predicted octanol–water partition coefficient (Wildman–Crippen LogP) is 2.93. The standard InChI is InChI=1S/C10H20N2/c1-9(2,3)7-11-8-12-10(4,5)6/h7-8H,1-6H3/b11-7-,12-8-. The van der Waals surface area contributed by atoms with Gasteiger partial charge in [0.25, 0.3) is 0 Å². The molecule has 0 radical (unpaired) electrons. The molecule has 0 aromatic heterocycles. The van der Waals surface area contributed by atoms with Crippen molar-refractivity contribution in [1.82, 2.24) is 0 Å². The summed E-state index contributed by atoms with van der Waals surface area (Å²) in [6.45, 7) is 12.5. The summed E-state index contributed by atoms with van der Waals surface area (Å²) in [5, 5.41) is 0. The molecule has 0 aliphatic rings. The van der Waals surface area contributed by atoms with E-state index in [1.807, 2.05) is 6.21 Å². The highest BCUT2D eigenvalue weighted by Gasteiger charge is 2.05. The highest BCUT2D eigenvalue weighted by molar-refractivity contribution is 5.75. The summed E-state index contributed by atoms with van der Waals surface area (Å²) in [5.41, 5.74) is 0.124. The highest BCUT2D eigenvalue weighted by atomic mass is 14.9. The Balaban J connectivity index is 4.00. The summed E-state index contributed by atoms with van der Waals surface area (Å²) in [6.07, 6.45) is 3.54. The molecule has 2 heteroatoms. The topological polar surface area (TPSA) is 24.7 Å². The number of hydrogen-bond donors (Lipinski definition) is 0. The normalized spacial score (nSPS) is 14.8. The van der Waals surface area contributed by atoms with E-state index in [-0.39, 0.29) is 11.0 Å². The lowest BCUT2D eigenvalue weighted by atomic mass is 9.99. The lowest BCUT2D eigenvalue weighted by molar-refractivity contribution is 0.585. The molecule has 0 N–H and O–H groups in total. The van der Waals surface area contributed by atoms with E-state index in [9.17, 15) is 0 Å². The fraction of sp³-hybridized carbons (Fsp3) is 0.800. The van der Waals surface area contributed by atoms with Crippen molar-refractivity contribution in [3.05, 3.63) is 0 Å². The second kappa shape index (κ2) is 3.83. The summed E-state index contributed by atoms with van der Waals surface area (Å²) in [4.78, 5) is 8.35. The van der Waals surface area contributed by atoms with Crippen LogP contribution in [0.15, 0.2) is 9.98 Å². The first kappa shape index (κ1) is 11.3. The van der Waals surface area contributed by atoms with Crippen molar-refractivity contribution in [2.75, 3.05) is 0 Å². The third kappa shape index (κ3) is 9.34. The number of aliphatic imine (C=N–C) groups is 2. The molecule has 12 heavy (non-hydrogen) atoms. The first-order valence-electron chi connectivity index (χ1n) is 4.29. The van der Waals surface area contributed by atoms with Gasteiger partial charge in [-0.1, -0.05) is 20.8 Å². The second-order valence-corrected chi connectivity index (χ2v) is 5.06. The van der Waals surface area contributed by atoms with Gasteiger partial charge >= 0.3 is 0 Å². The van der Waals surface area contributed by atoms with Crippen molar-refractivity contribution >= 4 is 12.6 Å². The van der Waals surface area contributed by atoms with Gasteiger partial charge < -0.3 is 0 Å². The van der Waals surface area contributed by atoms with Crippen LogP contribution in [0.1, 0.15) is 41.5 Å². The molecular weight excluding hydrogens is 148 g/mol. The van der Waals surface area contributed by atoms with Gasteiger partial charge in [0.05, 0.1) is 5.54 Å². The molecule has 0 aliphatic carbocycles. The van der Waals surface area contributed by atoms with E-state index in [2.05, 4.69) is 51.5 Å². The SMILES string of the molecule is CC(C)(C)/C=N\C=N/C(C)(C)C. The van der Waals surface area contributed by atoms with Gasteiger partial charge in [-0.2, -0.15) is 0 Å². The Morgan fingerprint density at radius 3 is 1.75 bits per heavy atom. The van der Waals surface area contributed by atoms with E-state index < -0.39 is 0 Å². The van der Waals surface area contributed by atoms with Crippen molar-refractivity contribution in [2.45, 2.75) is 47.1 Å². The molecule has 0 heterocycles. The Kier molecular flexibility index (Phi) is 3.62. The molecule has 0 unspecified atom stereocenters. The van der Waals surface area contributed by atoms with Gasteiger partial charge in [-0.05, 0) is 26.2 Å². The zero-order valence-electron chi connectivity index (χ0n) is 9.05. The molecule has 70 valence electrons. The van der Waals surface area contributed by atoms with Crippen LogP contribution in [0.2, 0.25) is 0 Å². The van der Waals surface area contributed by atoms with Crippen LogP contribution < -0.4 is 0 Å². The third-order valence-electron chi connectivity index (χ3n) is 0.974. The molecule has 0 rings (SSSR count). The fourth-order valence-electron chi connectivity index (χ4n) is 0.463. The summed E-state index contributed by atoms with van der Waals surface area (Å²) < 4.78 is 0. The maximum Gasteiger partial charge on any atom is 0.110 e. The maximum atomic E-state index is 4.24. The molecule has 0 fully saturated rings. The second-order valence-electron chi connectivity index (χ2n) is 5.06. The van der Waals surface area contributed by atoms with Crippen molar-refractivity contribution in [3.63, 3.8) is 0 Å². The largest absolute Gasteiger partial charge is 0.268 e. The molecular formula is C10H20N2. The van der Waals surface area contributed by atoms with Crippen molar-refractivity contribution in [3.8, 4) is 0 Å². The minimum Gasteiger partial charge on any atom is -0.268 e. The van der Waals surface area contributed by atoms with Crippen molar-refractivity contribution in [1.29, 1.82) is 0 Å². The Hall–Kier alpha value is -0.660. The molecule has 2 nitrogen and oxygen atoms in total. The summed E-state index contributed by atoms with van der Waals surface area (Å²) in [6, 6.07) is 0. The van der Waals surface area contributed by atoms with Crippen LogP contribution in [0, 0.1) is 5.41 Å². The van der Waals surface area contributed by atoms with Crippen molar-refractivity contribution < 1.29 is 0 Å². The first-order chi connectivity index (χ1) is 5.21. The zero-order valence-corrected chi connectivity index (χ0v) is 9.05. The summed E-state index contributed by atoms with van der Waals surface area (Å²) in [7, 11) is 0.